The molecule has 1 atom stereocenters. The van der Waals surface area contributed by atoms with Crippen molar-refractivity contribution in [1.82, 2.24) is 5.48 Å². The van der Waals surface area contributed by atoms with Crippen LogP contribution in [0, 0.1) is 5.92 Å². The van der Waals surface area contributed by atoms with E-state index in [-0.39, 0.29) is 0 Å². The van der Waals surface area contributed by atoms with E-state index in [1.807, 2.05) is 18.2 Å². The fourth-order valence-electron chi connectivity index (χ4n) is 1.66. The second-order valence-electron chi connectivity index (χ2n) is 3.93. The number of benzene rings is 1. The van der Waals surface area contributed by atoms with Crippen molar-refractivity contribution in [2.45, 2.75) is 13.0 Å². The zero-order valence-electron chi connectivity index (χ0n) is 9.30. The first-order chi connectivity index (χ1) is 7.95. The Bertz CT molecular complexity index is 356. The zero-order chi connectivity index (χ0) is 11.1. The van der Waals surface area contributed by atoms with Gasteiger partial charge in [0.05, 0.1) is 6.61 Å². The highest BCUT2D eigenvalue weighted by atomic mass is 16.6. The molecule has 1 aromatic carbocycles. The number of hydrogen-bond acceptors (Lipinski definition) is 2. The first kappa shape index (κ1) is 11.1. The molecule has 0 bridgehead atoms. The molecule has 84 valence electrons. The Balaban J connectivity index is 1.62. The molecule has 0 radical (unpaired) electrons. The van der Waals surface area contributed by atoms with Gasteiger partial charge in [-0.2, -0.15) is 0 Å². The van der Waals surface area contributed by atoms with Gasteiger partial charge in [0.2, 0.25) is 0 Å². The molecule has 0 saturated heterocycles. The van der Waals surface area contributed by atoms with Gasteiger partial charge in [-0.3, -0.25) is 4.84 Å². The highest BCUT2D eigenvalue weighted by Gasteiger charge is 2.04. The summed E-state index contributed by atoms with van der Waals surface area (Å²) in [7, 11) is 0. The molecule has 1 aliphatic rings. The van der Waals surface area contributed by atoms with Gasteiger partial charge >= 0.3 is 0 Å². The maximum Gasteiger partial charge on any atom is 0.0933 e. The predicted molar refractivity (Wildman–Crippen MR) is 65.6 cm³/mol. The highest BCUT2D eigenvalue weighted by molar-refractivity contribution is 5.13. The summed E-state index contributed by atoms with van der Waals surface area (Å²) in [5, 5.41) is 0. The van der Waals surface area contributed by atoms with Crippen LogP contribution in [0.2, 0.25) is 0 Å². The molecule has 2 heteroatoms. The van der Waals surface area contributed by atoms with Crippen LogP contribution >= 0.6 is 0 Å². The van der Waals surface area contributed by atoms with Crippen molar-refractivity contribution in [3.05, 3.63) is 60.2 Å². The second kappa shape index (κ2) is 6.26. The Morgan fingerprint density at radius 2 is 2.06 bits per heavy atom. The third kappa shape index (κ3) is 3.65. The molecule has 0 amide bonds. The summed E-state index contributed by atoms with van der Waals surface area (Å²) in [4.78, 5) is 5.41. The zero-order valence-corrected chi connectivity index (χ0v) is 9.30. The largest absolute Gasteiger partial charge is 0.297 e. The van der Waals surface area contributed by atoms with Crippen molar-refractivity contribution in [1.29, 1.82) is 0 Å². The SMILES string of the molecule is C1=CCC(CNOCc2ccccc2)C=C1. The summed E-state index contributed by atoms with van der Waals surface area (Å²) in [5.41, 5.74) is 4.21. The second-order valence-corrected chi connectivity index (χ2v) is 3.93. The van der Waals surface area contributed by atoms with Gasteiger partial charge < -0.3 is 0 Å². The number of hydrogen-bond donors (Lipinski definition) is 1. The Labute approximate surface area is 96.6 Å². The van der Waals surface area contributed by atoms with E-state index in [9.17, 15) is 0 Å². The molecule has 0 aliphatic heterocycles. The molecule has 1 N–H and O–H groups in total. The molecule has 16 heavy (non-hydrogen) atoms. The van der Waals surface area contributed by atoms with Gasteiger partial charge in [0.25, 0.3) is 0 Å². The molecule has 2 rings (SSSR count). The molecule has 0 aromatic heterocycles. The third-order valence-electron chi connectivity index (χ3n) is 2.60. The summed E-state index contributed by atoms with van der Waals surface area (Å²) in [6, 6.07) is 10.2. The smallest absolute Gasteiger partial charge is 0.0933 e. The lowest BCUT2D eigenvalue weighted by Crippen LogP contribution is -2.22. The van der Waals surface area contributed by atoms with Crippen molar-refractivity contribution >= 4 is 0 Å². The number of nitrogens with one attached hydrogen (secondary N) is 1. The normalized spacial score (nSPS) is 18.9. The van der Waals surface area contributed by atoms with E-state index in [2.05, 4.69) is 41.9 Å². The first-order valence-electron chi connectivity index (χ1n) is 5.67. The number of hydroxylamine groups is 1. The van der Waals surface area contributed by atoms with E-state index >= 15 is 0 Å². The molecular formula is C14H17NO. The maximum atomic E-state index is 5.41. The van der Waals surface area contributed by atoms with Crippen LogP contribution < -0.4 is 5.48 Å². The molecular weight excluding hydrogens is 198 g/mol. The van der Waals surface area contributed by atoms with Crippen LogP contribution in [0.15, 0.2) is 54.6 Å². The van der Waals surface area contributed by atoms with Gasteiger partial charge in [-0.25, -0.2) is 5.48 Å². The monoisotopic (exact) mass is 215 g/mol. The fraction of sp³-hybridized carbons (Fsp3) is 0.286. The van der Waals surface area contributed by atoms with Crippen molar-refractivity contribution in [3.63, 3.8) is 0 Å². The topological polar surface area (TPSA) is 21.3 Å². The Morgan fingerprint density at radius 3 is 2.81 bits per heavy atom. The predicted octanol–water partition coefficient (Wildman–Crippen LogP) is 2.84. The van der Waals surface area contributed by atoms with Gasteiger partial charge in [-0.05, 0) is 17.9 Å². The molecule has 1 aromatic rings. The van der Waals surface area contributed by atoms with E-state index in [0.717, 1.165) is 13.0 Å². The van der Waals surface area contributed by atoms with E-state index in [1.165, 1.54) is 5.56 Å². The van der Waals surface area contributed by atoms with Crippen LogP contribution in [0.25, 0.3) is 0 Å². The van der Waals surface area contributed by atoms with Crippen LogP contribution in [0.1, 0.15) is 12.0 Å². The average molecular weight is 215 g/mol. The molecule has 0 spiro atoms. The Kier molecular flexibility index (Phi) is 4.35. The van der Waals surface area contributed by atoms with Crippen LogP contribution in [0.3, 0.4) is 0 Å². The van der Waals surface area contributed by atoms with E-state index in [1.54, 1.807) is 0 Å². The van der Waals surface area contributed by atoms with Crippen molar-refractivity contribution in [3.8, 4) is 0 Å². The average Bonchev–Trinajstić information content (AvgIpc) is 2.37. The Morgan fingerprint density at radius 1 is 1.19 bits per heavy atom. The van der Waals surface area contributed by atoms with Gasteiger partial charge in [0, 0.05) is 6.54 Å². The standard InChI is InChI=1S/C14H17NO/c1-3-7-13(8-4-1)11-15-16-12-14-9-5-2-6-10-14/h1-7,9-10,13,15H,8,11-12H2. The molecule has 1 aliphatic carbocycles. The molecule has 0 heterocycles. The van der Waals surface area contributed by atoms with E-state index in [4.69, 9.17) is 4.84 Å². The maximum absolute atomic E-state index is 5.41. The molecule has 0 saturated carbocycles. The summed E-state index contributed by atoms with van der Waals surface area (Å²) in [5.74, 6) is 0.556. The van der Waals surface area contributed by atoms with Crippen LogP contribution in [-0.4, -0.2) is 6.54 Å². The fourth-order valence-corrected chi connectivity index (χ4v) is 1.66. The summed E-state index contributed by atoms with van der Waals surface area (Å²) in [6.45, 7) is 1.49. The third-order valence-corrected chi connectivity index (χ3v) is 2.60. The van der Waals surface area contributed by atoms with Crippen molar-refractivity contribution < 1.29 is 4.84 Å². The minimum atomic E-state index is 0.556. The van der Waals surface area contributed by atoms with Crippen molar-refractivity contribution in [2.75, 3.05) is 6.54 Å². The minimum absolute atomic E-state index is 0.556. The summed E-state index contributed by atoms with van der Waals surface area (Å²) in [6.07, 6.45) is 9.66. The lowest BCUT2D eigenvalue weighted by Gasteiger charge is -2.13. The highest BCUT2D eigenvalue weighted by Crippen LogP contribution is 2.09. The van der Waals surface area contributed by atoms with Gasteiger partial charge in [-0.15, -0.1) is 0 Å². The number of allylic oxidation sites excluding steroid dienone is 3. The molecule has 2 nitrogen and oxygen atoms in total. The summed E-state index contributed by atoms with van der Waals surface area (Å²) < 4.78 is 0. The van der Waals surface area contributed by atoms with Crippen LogP contribution in [0.4, 0.5) is 0 Å². The lowest BCUT2D eigenvalue weighted by molar-refractivity contribution is 0.0228. The lowest BCUT2D eigenvalue weighted by atomic mass is 10.0. The van der Waals surface area contributed by atoms with Gasteiger partial charge in [0.15, 0.2) is 0 Å². The van der Waals surface area contributed by atoms with E-state index in [0.29, 0.717) is 12.5 Å². The van der Waals surface area contributed by atoms with E-state index < -0.39 is 0 Å². The number of rotatable bonds is 5. The molecule has 0 fully saturated rings. The summed E-state index contributed by atoms with van der Waals surface area (Å²) >= 11 is 0. The quantitative estimate of drug-likeness (QED) is 0.602. The van der Waals surface area contributed by atoms with Crippen LogP contribution in [0.5, 0.6) is 0 Å². The van der Waals surface area contributed by atoms with Crippen LogP contribution in [-0.2, 0) is 11.4 Å². The first-order valence-corrected chi connectivity index (χ1v) is 5.67. The molecule has 1 unspecified atom stereocenters. The van der Waals surface area contributed by atoms with Crippen molar-refractivity contribution in [2.24, 2.45) is 5.92 Å². The van der Waals surface area contributed by atoms with Gasteiger partial charge in [0.1, 0.15) is 0 Å². The minimum Gasteiger partial charge on any atom is -0.297 e. The van der Waals surface area contributed by atoms with Gasteiger partial charge in [-0.1, -0.05) is 54.6 Å². The Hall–Kier alpha value is -1.38.